The largest absolute Gasteiger partial charge is 0.276 e. The molecule has 5 heteroatoms. The van der Waals surface area contributed by atoms with E-state index in [0.717, 1.165) is 11.1 Å². The number of sulfone groups is 1. The Balaban J connectivity index is 2.55. The van der Waals surface area contributed by atoms with Crippen molar-refractivity contribution < 1.29 is 8.42 Å². The fourth-order valence-corrected chi connectivity index (χ4v) is 2.59. The lowest BCUT2D eigenvalue weighted by atomic mass is 10.1. The average molecular weight is 250 g/mol. The first-order valence-electron chi connectivity index (χ1n) is 5.38. The minimum atomic E-state index is -3.24. The SMILES string of the molecule is CCS(=O)(=O)c1cn[nH]c1-c1ccc(C)cc1. The highest BCUT2D eigenvalue weighted by Gasteiger charge is 2.19. The highest BCUT2D eigenvalue weighted by atomic mass is 32.2. The summed E-state index contributed by atoms with van der Waals surface area (Å²) in [6.45, 7) is 3.61. The molecule has 2 rings (SSSR count). The van der Waals surface area contributed by atoms with E-state index in [2.05, 4.69) is 10.2 Å². The molecule has 0 amide bonds. The number of aromatic nitrogens is 2. The molecule has 90 valence electrons. The van der Waals surface area contributed by atoms with Crippen LogP contribution in [-0.4, -0.2) is 24.4 Å². The molecular formula is C12H14N2O2S. The van der Waals surface area contributed by atoms with E-state index in [0.29, 0.717) is 5.69 Å². The van der Waals surface area contributed by atoms with Crippen molar-refractivity contribution >= 4 is 9.84 Å². The Morgan fingerprint density at radius 2 is 1.88 bits per heavy atom. The van der Waals surface area contributed by atoms with Crippen LogP contribution in [0.2, 0.25) is 0 Å². The maximum Gasteiger partial charge on any atom is 0.181 e. The summed E-state index contributed by atoms with van der Waals surface area (Å²) in [5, 5.41) is 6.58. The number of aryl methyl sites for hydroxylation is 1. The molecule has 4 nitrogen and oxygen atoms in total. The van der Waals surface area contributed by atoms with Crippen LogP contribution < -0.4 is 0 Å². The van der Waals surface area contributed by atoms with Gasteiger partial charge >= 0.3 is 0 Å². The molecule has 0 bridgehead atoms. The van der Waals surface area contributed by atoms with Gasteiger partial charge < -0.3 is 0 Å². The third-order valence-electron chi connectivity index (χ3n) is 2.66. The van der Waals surface area contributed by atoms with Gasteiger partial charge in [-0.25, -0.2) is 8.42 Å². The number of aromatic amines is 1. The Morgan fingerprint density at radius 3 is 2.47 bits per heavy atom. The minimum absolute atomic E-state index is 0.0748. The number of nitrogens with zero attached hydrogens (tertiary/aromatic N) is 1. The quantitative estimate of drug-likeness (QED) is 0.908. The average Bonchev–Trinajstić information content (AvgIpc) is 2.80. The predicted molar refractivity (Wildman–Crippen MR) is 66.5 cm³/mol. The van der Waals surface area contributed by atoms with Crippen molar-refractivity contribution in [1.29, 1.82) is 0 Å². The van der Waals surface area contributed by atoms with E-state index >= 15 is 0 Å². The van der Waals surface area contributed by atoms with Crippen LogP contribution in [0.25, 0.3) is 11.3 Å². The predicted octanol–water partition coefficient (Wildman–Crippen LogP) is 2.18. The first-order valence-corrected chi connectivity index (χ1v) is 7.03. The van der Waals surface area contributed by atoms with Gasteiger partial charge in [0.1, 0.15) is 4.90 Å². The number of hydrogen-bond donors (Lipinski definition) is 1. The van der Waals surface area contributed by atoms with Gasteiger partial charge in [0.25, 0.3) is 0 Å². The molecule has 0 saturated heterocycles. The van der Waals surface area contributed by atoms with E-state index in [4.69, 9.17) is 0 Å². The lowest BCUT2D eigenvalue weighted by Gasteiger charge is -2.03. The van der Waals surface area contributed by atoms with E-state index in [1.54, 1.807) is 6.92 Å². The maximum absolute atomic E-state index is 11.9. The molecular weight excluding hydrogens is 236 g/mol. The highest BCUT2D eigenvalue weighted by Crippen LogP contribution is 2.25. The van der Waals surface area contributed by atoms with E-state index in [1.807, 2.05) is 31.2 Å². The van der Waals surface area contributed by atoms with Crippen molar-refractivity contribution in [3.8, 4) is 11.3 Å². The fourth-order valence-electron chi connectivity index (χ4n) is 1.59. The van der Waals surface area contributed by atoms with Gasteiger partial charge in [-0.15, -0.1) is 0 Å². The number of nitrogens with one attached hydrogen (secondary N) is 1. The van der Waals surface area contributed by atoms with Crippen molar-refractivity contribution in [2.75, 3.05) is 5.75 Å². The normalized spacial score (nSPS) is 11.6. The molecule has 0 aliphatic heterocycles. The van der Waals surface area contributed by atoms with Crippen molar-refractivity contribution in [3.63, 3.8) is 0 Å². The Hall–Kier alpha value is -1.62. The summed E-state index contributed by atoms with van der Waals surface area (Å²) in [5.41, 5.74) is 2.53. The Kier molecular flexibility index (Phi) is 3.02. The number of benzene rings is 1. The third kappa shape index (κ3) is 2.24. The maximum atomic E-state index is 11.9. The zero-order valence-electron chi connectivity index (χ0n) is 9.77. The third-order valence-corrected chi connectivity index (χ3v) is 4.40. The molecule has 0 unspecified atom stereocenters. The monoisotopic (exact) mass is 250 g/mol. The van der Waals surface area contributed by atoms with Gasteiger partial charge in [-0.2, -0.15) is 5.10 Å². The highest BCUT2D eigenvalue weighted by molar-refractivity contribution is 7.91. The summed E-state index contributed by atoms with van der Waals surface area (Å²) < 4.78 is 23.7. The van der Waals surface area contributed by atoms with Crippen molar-refractivity contribution in [2.24, 2.45) is 0 Å². The topological polar surface area (TPSA) is 62.8 Å². The second-order valence-electron chi connectivity index (χ2n) is 3.88. The summed E-state index contributed by atoms with van der Waals surface area (Å²) in [6.07, 6.45) is 1.37. The van der Waals surface area contributed by atoms with Gasteiger partial charge in [0.15, 0.2) is 9.84 Å². The van der Waals surface area contributed by atoms with Crippen LogP contribution in [0.4, 0.5) is 0 Å². The summed E-state index contributed by atoms with van der Waals surface area (Å²) in [5.74, 6) is 0.0748. The lowest BCUT2D eigenvalue weighted by Crippen LogP contribution is -2.03. The van der Waals surface area contributed by atoms with Crippen molar-refractivity contribution in [1.82, 2.24) is 10.2 Å². The molecule has 0 fully saturated rings. The van der Waals surface area contributed by atoms with Crippen LogP contribution in [0, 0.1) is 6.92 Å². The molecule has 1 heterocycles. The molecule has 0 atom stereocenters. The van der Waals surface area contributed by atoms with Crippen LogP contribution >= 0.6 is 0 Å². The summed E-state index contributed by atoms with van der Waals surface area (Å²) in [4.78, 5) is 0.267. The zero-order chi connectivity index (χ0) is 12.5. The van der Waals surface area contributed by atoms with E-state index in [9.17, 15) is 8.42 Å². The molecule has 1 N–H and O–H groups in total. The van der Waals surface area contributed by atoms with E-state index in [-0.39, 0.29) is 10.6 Å². The molecule has 0 aliphatic carbocycles. The van der Waals surface area contributed by atoms with Gasteiger partial charge in [0.05, 0.1) is 17.6 Å². The molecule has 17 heavy (non-hydrogen) atoms. The fraction of sp³-hybridized carbons (Fsp3) is 0.250. The molecule has 1 aromatic carbocycles. The Bertz CT molecular complexity index is 612. The number of rotatable bonds is 3. The Labute approximate surface area is 101 Å². The first kappa shape index (κ1) is 11.9. The minimum Gasteiger partial charge on any atom is -0.276 e. The number of hydrogen-bond acceptors (Lipinski definition) is 3. The summed E-state index contributed by atoms with van der Waals surface area (Å²) >= 11 is 0. The van der Waals surface area contributed by atoms with Crippen molar-refractivity contribution in [2.45, 2.75) is 18.7 Å². The molecule has 2 aromatic rings. The second kappa shape index (κ2) is 4.33. The zero-order valence-corrected chi connectivity index (χ0v) is 10.6. The van der Waals surface area contributed by atoms with Crippen LogP contribution in [0.1, 0.15) is 12.5 Å². The molecule has 0 radical (unpaired) electrons. The molecule has 0 aliphatic rings. The first-order chi connectivity index (χ1) is 8.04. The second-order valence-corrected chi connectivity index (χ2v) is 6.13. The standard InChI is InChI=1S/C12H14N2O2S/c1-3-17(15,16)11-8-13-14-12(11)10-6-4-9(2)5-7-10/h4-8H,3H2,1-2H3,(H,13,14). The van der Waals surface area contributed by atoms with Crippen LogP contribution in [0.3, 0.4) is 0 Å². The van der Waals surface area contributed by atoms with E-state index < -0.39 is 9.84 Å². The molecule has 0 spiro atoms. The van der Waals surface area contributed by atoms with Gasteiger partial charge in [-0.1, -0.05) is 36.8 Å². The summed E-state index contributed by atoms with van der Waals surface area (Å²) in [7, 11) is -3.24. The smallest absolute Gasteiger partial charge is 0.181 e. The van der Waals surface area contributed by atoms with Gasteiger partial charge in [-0.3, -0.25) is 5.10 Å². The van der Waals surface area contributed by atoms with Crippen LogP contribution in [0.15, 0.2) is 35.4 Å². The van der Waals surface area contributed by atoms with Gasteiger partial charge in [0, 0.05) is 5.56 Å². The van der Waals surface area contributed by atoms with E-state index in [1.165, 1.54) is 6.20 Å². The van der Waals surface area contributed by atoms with Crippen LogP contribution in [0.5, 0.6) is 0 Å². The van der Waals surface area contributed by atoms with Crippen molar-refractivity contribution in [3.05, 3.63) is 36.0 Å². The van der Waals surface area contributed by atoms with Crippen LogP contribution in [-0.2, 0) is 9.84 Å². The molecule has 1 aromatic heterocycles. The number of H-pyrrole nitrogens is 1. The Morgan fingerprint density at radius 1 is 1.24 bits per heavy atom. The summed E-state index contributed by atoms with van der Waals surface area (Å²) in [6, 6.07) is 7.66. The van der Waals surface area contributed by atoms with Gasteiger partial charge in [0.2, 0.25) is 0 Å². The molecule has 0 saturated carbocycles. The lowest BCUT2D eigenvalue weighted by molar-refractivity contribution is 0.597. The van der Waals surface area contributed by atoms with Gasteiger partial charge in [-0.05, 0) is 6.92 Å².